The van der Waals surface area contributed by atoms with Crippen molar-refractivity contribution in [1.29, 1.82) is 0 Å². The first-order valence-corrected chi connectivity index (χ1v) is 5.86. The predicted octanol–water partition coefficient (Wildman–Crippen LogP) is 2.97. The standard InChI is InChI=1S/C14H14FNO3/c1-9(10-3-2-4-12(15)5-10)16-7-13-6-11(8-19-13)14(17)18/h2-6,8-9,16H,7H2,1H3,(H,17,18)/t9-/m0/s1. The first kappa shape index (κ1) is 13.3. The molecule has 2 aromatic rings. The minimum atomic E-state index is -1.02. The Kier molecular flexibility index (Phi) is 3.97. The molecule has 0 unspecified atom stereocenters. The van der Waals surface area contributed by atoms with E-state index in [0.29, 0.717) is 12.3 Å². The quantitative estimate of drug-likeness (QED) is 0.870. The van der Waals surface area contributed by atoms with E-state index < -0.39 is 5.97 Å². The number of nitrogens with one attached hydrogen (secondary N) is 1. The third-order valence-corrected chi connectivity index (χ3v) is 2.83. The second-order valence-corrected chi connectivity index (χ2v) is 4.26. The van der Waals surface area contributed by atoms with E-state index in [2.05, 4.69) is 5.32 Å². The molecule has 0 bridgehead atoms. The number of hydrogen-bond acceptors (Lipinski definition) is 3. The van der Waals surface area contributed by atoms with Crippen LogP contribution in [0.15, 0.2) is 41.0 Å². The summed E-state index contributed by atoms with van der Waals surface area (Å²) < 4.78 is 18.2. The van der Waals surface area contributed by atoms with Gasteiger partial charge in [-0.1, -0.05) is 12.1 Å². The number of carboxylic acids is 1. The molecule has 19 heavy (non-hydrogen) atoms. The molecule has 0 saturated heterocycles. The highest BCUT2D eigenvalue weighted by Gasteiger charge is 2.10. The molecule has 2 N–H and O–H groups in total. The van der Waals surface area contributed by atoms with Gasteiger partial charge in [0.1, 0.15) is 17.8 Å². The Balaban J connectivity index is 1.96. The van der Waals surface area contributed by atoms with E-state index >= 15 is 0 Å². The van der Waals surface area contributed by atoms with Crippen molar-refractivity contribution in [2.75, 3.05) is 0 Å². The molecular formula is C14H14FNO3. The number of aromatic carboxylic acids is 1. The Hall–Kier alpha value is -2.14. The average molecular weight is 263 g/mol. The van der Waals surface area contributed by atoms with Crippen LogP contribution in [0.3, 0.4) is 0 Å². The van der Waals surface area contributed by atoms with Crippen molar-refractivity contribution in [2.45, 2.75) is 19.5 Å². The van der Waals surface area contributed by atoms with Gasteiger partial charge in [-0.3, -0.25) is 0 Å². The second kappa shape index (κ2) is 5.67. The van der Waals surface area contributed by atoms with Gasteiger partial charge in [0.15, 0.2) is 0 Å². The van der Waals surface area contributed by atoms with Crippen molar-refractivity contribution in [2.24, 2.45) is 0 Å². The van der Waals surface area contributed by atoms with Crippen molar-refractivity contribution in [3.63, 3.8) is 0 Å². The van der Waals surface area contributed by atoms with Gasteiger partial charge < -0.3 is 14.8 Å². The third kappa shape index (κ3) is 3.42. The van der Waals surface area contributed by atoms with Gasteiger partial charge in [-0.05, 0) is 30.7 Å². The number of hydrogen-bond donors (Lipinski definition) is 2. The molecule has 5 heteroatoms. The number of carbonyl (C=O) groups is 1. The van der Waals surface area contributed by atoms with Gasteiger partial charge in [-0.25, -0.2) is 9.18 Å². The highest BCUT2D eigenvalue weighted by atomic mass is 19.1. The summed E-state index contributed by atoms with van der Waals surface area (Å²) >= 11 is 0. The predicted molar refractivity (Wildman–Crippen MR) is 67.3 cm³/mol. The van der Waals surface area contributed by atoms with Crippen molar-refractivity contribution in [3.8, 4) is 0 Å². The Morgan fingerprint density at radius 1 is 1.47 bits per heavy atom. The molecule has 1 heterocycles. The van der Waals surface area contributed by atoms with Crippen LogP contribution < -0.4 is 5.32 Å². The van der Waals surface area contributed by atoms with Crippen LogP contribution in [0.1, 0.15) is 34.6 Å². The van der Waals surface area contributed by atoms with Gasteiger partial charge in [0.2, 0.25) is 0 Å². The van der Waals surface area contributed by atoms with Crippen LogP contribution in [0.2, 0.25) is 0 Å². The molecule has 0 aliphatic carbocycles. The molecule has 2 rings (SSSR count). The molecule has 0 spiro atoms. The van der Waals surface area contributed by atoms with Gasteiger partial charge in [0.05, 0.1) is 12.1 Å². The summed E-state index contributed by atoms with van der Waals surface area (Å²) in [6.45, 7) is 2.28. The molecule has 0 amide bonds. The molecule has 0 aliphatic rings. The topological polar surface area (TPSA) is 62.5 Å². The second-order valence-electron chi connectivity index (χ2n) is 4.26. The fourth-order valence-electron chi connectivity index (χ4n) is 1.73. The van der Waals surface area contributed by atoms with Gasteiger partial charge >= 0.3 is 5.97 Å². The SMILES string of the molecule is C[C@H](NCc1cc(C(=O)O)co1)c1cccc(F)c1. The minimum Gasteiger partial charge on any atom is -0.478 e. The summed E-state index contributed by atoms with van der Waals surface area (Å²) in [5.74, 6) is -0.772. The lowest BCUT2D eigenvalue weighted by Gasteiger charge is -2.13. The van der Waals surface area contributed by atoms with Crippen LogP contribution in [-0.2, 0) is 6.54 Å². The summed E-state index contributed by atoms with van der Waals surface area (Å²) in [5, 5.41) is 11.9. The van der Waals surface area contributed by atoms with E-state index in [4.69, 9.17) is 9.52 Å². The van der Waals surface area contributed by atoms with Gasteiger partial charge in [0, 0.05) is 6.04 Å². The summed E-state index contributed by atoms with van der Waals surface area (Å²) in [7, 11) is 0. The van der Waals surface area contributed by atoms with E-state index in [-0.39, 0.29) is 17.4 Å². The van der Waals surface area contributed by atoms with Gasteiger partial charge in [0.25, 0.3) is 0 Å². The van der Waals surface area contributed by atoms with Crippen molar-refractivity contribution in [3.05, 3.63) is 59.3 Å². The van der Waals surface area contributed by atoms with E-state index in [1.54, 1.807) is 6.07 Å². The van der Waals surface area contributed by atoms with Gasteiger partial charge in [-0.15, -0.1) is 0 Å². The number of carboxylic acid groups (broad SMARTS) is 1. The Morgan fingerprint density at radius 3 is 2.89 bits per heavy atom. The highest BCUT2D eigenvalue weighted by Crippen LogP contribution is 2.15. The van der Waals surface area contributed by atoms with E-state index in [9.17, 15) is 9.18 Å². The maximum absolute atomic E-state index is 13.1. The first-order valence-electron chi connectivity index (χ1n) is 5.86. The lowest BCUT2D eigenvalue weighted by atomic mass is 10.1. The van der Waals surface area contributed by atoms with Crippen LogP contribution in [0.5, 0.6) is 0 Å². The van der Waals surface area contributed by atoms with Crippen molar-refractivity contribution >= 4 is 5.97 Å². The highest BCUT2D eigenvalue weighted by molar-refractivity contribution is 5.87. The lowest BCUT2D eigenvalue weighted by Crippen LogP contribution is -2.17. The Bertz CT molecular complexity index is 580. The van der Waals surface area contributed by atoms with Crippen LogP contribution in [0.4, 0.5) is 4.39 Å². The monoisotopic (exact) mass is 263 g/mol. The third-order valence-electron chi connectivity index (χ3n) is 2.83. The molecule has 100 valence electrons. The zero-order chi connectivity index (χ0) is 13.8. The van der Waals surface area contributed by atoms with Gasteiger partial charge in [-0.2, -0.15) is 0 Å². The summed E-state index contributed by atoms with van der Waals surface area (Å²) in [6, 6.07) is 7.73. The maximum atomic E-state index is 13.1. The van der Waals surface area contributed by atoms with Crippen LogP contribution in [0.25, 0.3) is 0 Å². The number of benzene rings is 1. The van der Waals surface area contributed by atoms with Crippen molar-refractivity contribution in [1.82, 2.24) is 5.32 Å². The number of furan rings is 1. The lowest BCUT2D eigenvalue weighted by molar-refractivity contribution is 0.0696. The van der Waals surface area contributed by atoms with E-state index in [0.717, 1.165) is 5.56 Å². The molecule has 4 nitrogen and oxygen atoms in total. The maximum Gasteiger partial charge on any atom is 0.338 e. The zero-order valence-corrected chi connectivity index (χ0v) is 10.4. The molecule has 0 fully saturated rings. The fraction of sp³-hybridized carbons (Fsp3) is 0.214. The largest absolute Gasteiger partial charge is 0.478 e. The molecular weight excluding hydrogens is 249 g/mol. The molecule has 1 aromatic heterocycles. The minimum absolute atomic E-state index is 0.0610. The average Bonchev–Trinajstić information content (AvgIpc) is 2.85. The molecule has 1 aromatic carbocycles. The van der Waals surface area contributed by atoms with Crippen molar-refractivity contribution < 1.29 is 18.7 Å². The molecule has 0 radical (unpaired) electrons. The molecule has 0 saturated carbocycles. The summed E-state index contributed by atoms with van der Waals surface area (Å²) in [6.07, 6.45) is 1.20. The number of rotatable bonds is 5. The Morgan fingerprint density at radius 2 is 2.26 bits per heavy atom. The van der Waals surface area contributed by atoms with Crippen LogP contribution in [-0.4, -0.2) is 11.1 Å². The normalized spacial score (nSPS) is 12.3. The van der Waals surface area contributed by atoms with E-state index in [1.165, 1.54) is 24.5 Å². The van der Waals surface area contributed by atoms with E-state index in [1.807, 2.05) is 13.0 Å². The summed E-state index contributed by atoms with van der Waals surface area (Å²) in [4.78, 5) is 10.7. The smallest absolute Gasteiger partial charge is 0.338 e. The zero-order valence-electron chi connectivity index (χ0n) is 10.4. The fourth-order valence-corrected chi connectivity index (χ4v) is 1.73. The van der Waals surface area contributed by atoms with Crippen LogP contribution >= 0.6 is 0 Å². The van der Waals surface area contributed by atoms with Crippen LogP contribution in [0, 0.1) is 5.82 Å². The molecule has 0 aliphatic heterocycles. The summed E-state index contributed by atoms with van der Waals surface area (Å²) in [5.41, 5.74) is 0.945. The Labute approximate surface area is 109 Å². The number of halogens is 1. The molecule has 1 atom stereocenters. The first-order chi connectivity index (χ1) is 9.06.